The highest BCUT2D eigenvalue weighted by Gasteiger charge is 2.15. The third kappa shape index (κ3) is 4.01. The standard InChI is InChI=1S/C19H16N2O4S/c22-18-12-5-4-11-17(18)20-19(23)14-7-6-8-15(13-14)21-26(24,25)16-9-2-1-3-10-16/h1-13,21-22H,(H,20,23). The Bertz CT molecular complexity index is 1030. The number of carbonyl (C=O) groups excluding carboxylic acids is 1. The van der Waals surface area contributed by atoms with Gasteiger partial charge >= 0.3 is 0 Å². The highest BCUT2D eigenvalue weighted by atomic mass is 32.2. The monoisotopic (exact) mass is 368 g/mol. The lowest BCUT2D eigenvalue weighted by Gasteiger charge is -2.10. The van der Waals surface area contributed by atoms with Gasteiger partial charge in [0.15, 0.2) is 0 Å². The first-order chi connectivity index (χ1) is 12.5. The molecular formula is C19H16N2O4S. The zero-order chi connectivity index (χ0) is 18.6. The van der Waals surface area contributed by atoms with Crippen molar-refractivity contribution in [3.8, 4) is 5.75 Å². The largest absolute Gasteiger partial charge is 0.506 e. The molecule has 0 spiro atoms. The Morgan fingerprint density at radius 3 is 2.27 bits per heavy atom. The highest BCUT2D eigenvalue weighted by molar-refractivity contribution is 7.92. The summed E-state index contributed by atoms with van der Waals surface area (Å²) in [5.41, 5.74) is 0.785. The number of rotatable bonds is 5. The Morgan fingerprint density at radius 1 is 0.846 bits per heavy atom. The first-order valence-corrected chi connectivity index (χ1v) is 9.21. The van der Waals surface area contributed by atoms with E-state index in [4.69, 9.17) is 0 Å². The predicted octanol–water partition coefficient (Wildman–Crippen LogP) is 3.45. The molecule has 3 rings (SSSR count). The van der Waals surface area contributed by atoms with E-state index in [1.165, 1.54) is 24.3 Å². The van der Waals surface area contributed by atoms with Crippen LogP contribution in [0.3, 0.4) is 0 Å². The molecule has 0 aromatic heterocycles. The molecule has 0 radical (unpaired) electrons. The molecule has 0 saturated carbocycles. The maximum Gasteiger partial charge on any atom is 0.261 e. The van der Waals surface area contributed by atoms with E-state index < -0.39 is 15.9 Å². The van der Waals surface area contributed by atoms with Crippen LogP contribution >= 0.6 is 0 Å². The molecule has 132 valence electrons. The van der Waals surface area contributed by atoms with Gasteiger partial charge in [-0.1, -0.05) is 36.4 Å². The fourth-order valence-corrected chi connectivity index (χ4v) is 3.38. The summed E-state index contributed by atoms with van der Waals surface area (Å²) in [4.78, 5) is 12.5. The average molecular weight is 368 g/mol. The molecule has 3 N–H and O–H groups in total. The van der Waals surface area contributed by atoms with E-state index in [1.807, 2.05) is 0 Å². The minimum absolute atomic E-state index is 0.0539. The Labute approximate surface area is 151 Å². The molecule has 1 amide bonds. The lowest BCUT2D eigenvalue weighted by molar-refractivity contribution is 0.102. The number of carbonyl (C=O) groups is 1. The Balaban J connectivity index is 1.80. The molecule has 6 nitrogen and oxygen atoms in total. The second-order valence-corrected chi connectivity index (χ2v) is 7.15. The number of nitrogens with one attached hydrogen (secondary N) is 2. The van der Waals surface area contributed by atoms with Gasteiger partial charge in [-0.15, -0.1) is 0 Å². The number of anilines is 2. The summed E-state index contributed by atoms with van der Waals surface area (Å²) >= 11 is 0. The Kier molecular flexibility index (Phi) is 4.90. The summed E-state index contributed by atoms with van der Waals surface area (Å²) < 4.78 is 27.2. The molecule has 0 bridgehead atoms. The van der Waals surface area contributed by atoms with Crippen molar-refractivity contribution in [3.05, 3.63) is 84.4 Å². The van der Waals surface area contributed by atoms with Crippen LogP contribution < -0.4 is 10.0 Å². The molecule has 7 heteroatoms. The minimum Gasteiger partial charge on any atom is -0.506 e. The SMILES string of the molecule is O=C(Nc1ccccc1O)c1cccc(NS(=O)(=O)c2ccccc2)c1. The van der Waals surface area contributed by atoms with Crippen molar-refractivity contribution in [1.82, 2.24) is 0 Å². The van der Waals surface area contributed by atoms with E-state index in [1.54, 1.807) is 54.6 Å². The van der Waals surface area contributed by atoms with E-state index >= 15 is 0 Å². The van der Waals surface area contributed by atoms with Gasteiger partial charge in [0.25, 0.3) is 15.9 Å². The maximum atomic E-state index is 12.4. The van der Waals surface area contributed by atoms with Crippen LogP contribution in [0, 0.1) is 0 Å². The molecule has 3 aromatic carbocycles. The lowest BCUT2D eigenvalue weighted by atomic mass is 10.2. The zero-order valence-electron chi connectivity index (χ0n) is 13.6. The number of phenols is 1. The third-order valence-corrected chi connectivity index (χ3v) is 4.98. The Morgan fingerprint density at radius 2 is 1.54 bits per heavy atom. The predicted molar refractivity (Wildman–Crippen MR) is 99.8 cm³/mol. The van der Waals surface area contributed by atoms with Crippen LogP contribution in [0.25, 0.3) is 0 Å². The number of amides is 1. The second-order valence-electron chi connectivity index (χ2n) is 5.47. The van der Waals surface area contributed by atoms with Gasteiger partial charge < -0.3 is 10.4 Å². The van der Waals surface area contributed by atoms with Crippen LogP contribution in [0.2, 0.25) is 0 Å². The van der Waals surface area contributed by atoms with Crippen LogP contribution in [-0.4, -0.2) is 19.4 Å². The van der Waals surface area contributed by atoms with Gasteiger partial charge in [-0.3, -0.25) is 9.52 Å². The van der Waals surface area contributed by atoms with Gasteiger partial charge in [-0.25, -0.2) is 8.42 Å². The van der Waals surface area contributed by atoms with E-state index in [0.29, 0.717) is 0 Å². The van der Waals surface area contributed by atoms with Crippen LogP contribution in [0.4, 0.5) is 11.4 Å². The van der Waals surface area contributed by atoms with E-state index in [-0.39, 0.29) is 27.6 Å². The highest BCUT2D eigenvalue weighted by Crippen LogP contribution is 2.23. The van der Waals surface area contributed by atoms with Crippen molar-refractivity contribution < 1.29 is 18.3 Å². The molecule has 0 unspecified atom stereocenters. The van der Waals surface area contributed by atoms with Gasteiger partial charge in [-0.05, 0) is 42.5 Å². The average Bonchev–Trinajstić information content (AvgIpc) is 2.64. The number of phenolic OH excluding ortho intramolecular Hbond substituents is 1. The number of benzene rings is 3. The van der Waals surface area contributed by atoms with Gasteiger partial charge in [0.05, 0.1) is 10.6 Å². The first-order valence-electron chi connectivity index (χ1n) is 7.73. The van der Waals surface area contributed by atoms with Crippen LogP contribution in [0.5, 0.6) is 5.75 Å². The molecule has 0 saturated heterocycles. The topological polar surface area (TPSA) is 95.5 Å². The summed E-state index contributed by atoms with van der Waals surface area (Å²) in [6, 6.07) is 20.4. The molecular weight excluding hydrogens is 352 g/mol. The molecule has 0 atom stereocenters. The van der Waals surface area contributed by atoms with E-state index in [0.717, 1.165) is 0 Å². The summed E-state index contributed by atoms with van der Waals surface area (Å²) in [5.74, 6) is -0.519. The van der Waals surface area contributed by atoms with Crippen LogP contribution in [-0.2, 0) is 10.0 Å². The van der Waals surface area contributed by atoms with Crippen molar-refractivity contribution in [2.45, 2.75) is 4.90 Å². The van der Waals surface area contributed by atoms with Gasteiger partial charge in [0.1, 0.15) is 5.75 Å². The van der Waals surface area contributed by atoms with Crippen LogP contribution in [0.1, 0.15) is 10.4 Å². The van der Waals surface area contributed by atoms with Crippen molar-refractivity contribution in [2.24, 2.45) is 0 Å². The number of aromatic hydroxyl groups is 1. The van der Waals surface area contributed by atoms with Crippen molar-refractivity contribution in [1.29, 1.82) is 0 Å². The van der Waals surface area contributed by atoms with Crippen molar-refractivity contribution >= 4 is 27.3 Å². The fourth-order valence-electron chi connectivity index (χ4n) is 2.31. The lowest BCUT2D eigenvalue weighted by Crippen LogP contribution is -2.15. The molecule has 0 fully saturated rings. The number of hydrogen-bond acceptors (Lipinski definition) is 4. The summed E-state index contributed by atoms with van der Waals surface area (Å²) in [6.45, 7) is 0. The Hall–Kier alpha value is -3.32. The molecule has 0 heterocycles. The zero-order valence-corrected chi connectivity index (χ0v) is 14.4. The minimum atomic E-state index is -3.74. The first kappa shape index (κ1) is 17.5. The molecule has 0 aliphatic heterocycles. The van der Waals surface area contributed by atoms with E-state index in [9.17, 15) is 18.3 Å². The van der Waals surface area contributed by atoms with Gasteiger partial charge in [0.2, 0.25) is 0 Å². The molecule has 26 heavy (non-hydrogen) atoms. The van der Waals surface area contributed by atoms with Crippen LogP contribution in [0.15, 0.2) is 83.8 Å². The molecule has 0 aliphatic carbocycles. The maximum absolute atomic E-state index is 12.4. The summed E-state index contributed by atoms with van der Waals surface area (Å²) in [7, 11) is -3.74. The fraction of sp³-hybridized carbons (Fsp3) is 0. The summed E-state index contributed by atoms with van der Waals surface area (Å²) in [5, 5.41) is 12.3. The molecule has 0 aliphatic rings. The van der Waals surface area contributed by atoms with Crippen molar-refractivity contribution in [3.63, 3.8) is 0 Å². The number of para-hydroxylation sites is 2. The normalized spacial score (nSPS) is 10.9. The second kappa shape index (κ2) is 7.28. The number of sulfonamides is 1. The smallest absolute Gasteiger partial charge is 0.261 e. The summed E-state index contributed by atoms with van der Waals surface area (Å²) in [6.07, 6.45) is 0. The van der Waals surface area contributed by atoms with E-state index in [2.05, 4.69) is 10.0 Å². The van der Waals surface area contributed by atoms with Gasteiger partial charge in [0, 0.05) is 11.3 Å². The number of hydrogen-bond donors (Lipinski definition) is 3. The third-order valence-electron chi connectivity index (χ3n) is 3.58. The quantitative estimate of drug-likeness (QED) is 0.601. The van der Waals surface area contributed by atoms with Gasteiger partial charge in [-0.2, -0.15) is 0 Å². The van der Waals surface area contributed by atoms with Crippen molar-refractivity contribution in [2.75, 3.05) is 10.0 Å². The molecule has 3 aromatic rings.